The first kappa shape index (κ1) is 16.1. The number of aliphatic carboxylic acids is 1. The summed E-state index contributed by atoms with van der Waals surface area (Å²) in [5, 5.41) is 12.2. The number of carbonyl (C=O) groups is 2. The van der Waals surface area contributed by atoms with Crippen molar-refractivity contribution in [1.82, 2.24) is 10.2 Å². The number of urea groups is 1. The Hall–Kier alpha value is -0.910. The second-order valence-electron chi connectivity index (χ2n) is 5.24. The van der Waals surface area contributed by atoms with Crippen molar-refractivity contribution in [2.24, 2.45) is 5.92 Å². The molecule has 1 rings (SSSR count). The van der Waals surface area contributed by atoms with Crippen molar-refractivity contribution < 1.29 is 14.7 Å². The summed E-state index contributed by atoms with van der Waals surface area (Å²) in [6.07, 6.45) is 1.03. The van der Waals surface area contributed by atoms with Crippen molar-refractivity contribution in [3.8, 4) is 0 Å². The Labute approximate surface area is 119 Å². The second-order valence-corrected chi connectivity index (χ2v) is 6.65. The third-order valence-electron chi connectivity index (χ3n) is 3.39. The minimum atomic E-state index is -0.875. The van der Waals surface area contributed by atoms with E-state index in [0.29, 0.717) is 5.25 Å². The van der Waals surface area contributed by atoms with Crippen LogP contribution in [0.5, 0.6) is 0 Å². The minimum Gasteiger partial charge on any atom is -0.481 e. The van der Waals surface area contributed by atoms with Gasteiger partial charge in [0.2, 0.25) is 0 Å². The summed E-state index contributed by atoms with van der Waals surface area (Å²) in [7, 11) is 0. The highest BCUT2D eigenvalue weighted by molar-refractivity contribution is 8.00. The van der Waals surface area contributed by atoms with E-state index in [1.54, 1.807) is 0 Å². The van der Waals surface area contributed by atoms with Crippen LogP contribution < -0.4 is 5.32 Å². The molecule has 1 aliphatic rings. The van der Waals surface area contributed by atoms with E-state index in [9.17, 15) is 9.59 Å². The number of amides is 2. The molecule has 0 spiro atoms. The Morgan fingerprint density at radius 1 is 1.47 bits per heavy atom. The molecule has 0 aliphatic carbocycles. The molecule has 2 atom stereocenters. The van der Waals surface area contributed by atoms with Gasteiger partial charge in [-0.15, -0.1) is 0 Å². The summed E-state index contributed by atoms with van der Waals surface area (Å²) in [5.41, 5.74) is 0. The molecule has 1 heterocycles. The predicted molar refractivity (Wildman–Crippen MR) is 77.5 cm³/mol. The van der Waals surface area contributed by atoms with E-state index in [4.69, 9.17) is 5.11 Å². The van der Waals surface area contributed by atoms with Crippen molar-refractivity contribution in [3.63, 3.8) is 0 Å². The molecule has 0 radical (unpaired) electrons. The monoisotopic (exact) mass is 288 g/mol. The predicted octanol–water partition coefficient (Wildman–Crippen LogP) is 2.02. The van der Waals surface area contributed by atoms with Gasteiger partial charge in [0.15, 0.2) is 0 Å². The first-order chi connectivity index (χ1) is 8.93. The van der Waals surface area contributed by atoms with Crippen LogP contribution in [0.3, 0.4) is 0 Å². The van der Waals surface area contributed by atoms with Gasteiger partial charge in [-0.05, 0) is 12.3 Å². The van der Waals surface area contributed by atoms with Crippen molar-refractivity contribution in [2.45, 2.75) is 44.9 Å². The molecule has 5 nitrogen and oxygen atoms in total. The second kappa shape index (κ2) is 7.62. The minimum absolute atomic E-state index is 0.0246. The lowest BCUT2D eigenvalue weighted by Crippen LogP contribution is -2.51. The van der Waals surface area contributed by atoms with Gasteiger partial charge in [0.1, 0.15) is 0 Å². The lowest BCUT2D eigenvalue weighted by atomic mass is 10.0. The number of carboxylic acids is 1. The van der Waals surface area contributed by atoms with E-state index in [0.717, 1.165) is 25.3 Å². The van der Waals surface area contributed by atoms with Crippen molar-refractivity contribution in [3.05, 3.63) is 0 Å². The third-order valence-corrected chi connectivity index (χ3v) is 4.76. The summed E-state index contributed by atoms with van der Waals surface area (Å²) < 4.78 is 0. The Morgan fingerprint density at radius 3 is 2.68 bits per heavy atom. The van der Waals surface area contributed by atoms with Gasteiger partial charge in [-0.25, -0.2) is 4.79 Å². The fourth-order valence-electron chi connectivity index (χ4n) is 2.04. The first-order valence-corrected chi connectivity index (χ1v) is 7.87. The lowest BCUT2D eigenvalue weighted by molar-refractivity contribution is -0.137. The highest BCUT2D eigenvalue weighted by Crippen LogP contribution is 2.21. The highest BCUT2D eigenvalue weighted by atomic mass is 32.2. The lowest BCUT2D eigenvalue weighted by Gasteiger charge is -2.33. The number of nitrogens with zero attached hydrogens (tertiary/aromatic N) is 1. The quantitative estimate of drug-likeness (QED) is 0.812. The maximum absolute atomic E-state index is 12.2. The summed E-state index contributed by atoms with van der Waals surface area (Å²) in [4.78, 5) is 24.8. The molecule has 110 valence electrons. The number of hydrogen-bond donors (Lipinski definition) is 2. The van der Waals surface area contributed by atoms with E-state index in [-0.39, 0.29) is 24.4 Å². The summed E-state index contributed by atoms with van der Waals surface area (Å²) in [6, 6.07) is -0.432. The van der Waals surface area contributed by atoms with Gasteiger partial charge >= 0.3 is 12.0 Å². The van der Waals surface area contributed by atoms with Crippen LogP contribution in [0.1, 0.15) is 33.6 Å². The first-order valence-electron chi connectivity index (χ1n) is 6.82. The fraction of sp³-hybridized carbons (Fsp3) is 0.846. The summed E-state index contributed by atoms with van der Waals surface area (Å²) in [5.74, 6) is 0.192. The van der Waals surface area contributed by atoms with Crippen molar-refractivity contribution >= 4 is 23.8 Å². The van der Waals surface area contributed by atoms with Gasteiger partial charge in [-0.3, -0.25) is 4.79 Å². The molecular weight excluding hydrogens is 264 g/mol. The third kappa shape index (κ3) is 5.30. The molecule has 1 saturated heterocycles. The summed E-state index contributed by atoms with van der Waals surface area (Å²) >= 11 is 1.90. The Kier molecular flexibility index (Phi) is 6.48. The fourth-order valence-corrected chi connectivity index (χ4v) is 3.22. The molecule has 0 aromatic rings. The topological polar surface area (TPSA) is 69.6 Å². The number of nitrogens with one attached hydrogen (secondary N) is 1. The molecule has 6 heteroatoms. The average Bonchev–Trinajstić information content (AvgIpc) is 2.37. The zero-order valence-electron chi connectivity index (χ0n) is 11.9. The van der Waals surface area contributed by atoms with Gasteiger partial charge in [-0.2, -0.15) is 11.8 Å². The van der Waals surface area contributed by atoms with Crippen LogP contribution in [-0.2, 0) is 4.79 Å². The molecular formula is C13H24N2O3S. The van der Waals surface area contributed by atoms with Gasteiger partial charge < -0.3 is 15.3 Å². The maximum atomic E-state index is 12.2. The number of rotatable bonds is 5. The van der Waals surface area contributed by atoms with Crippen LogP contribution in [0.15, 0.2) is 0 Å². The van der Waals surface area contributed by atoms with Crippen molar-refractivity contribution in [1.29, 1.82) is 0 Å². The van der Waals surface area contributed by atoms with E-state index in [1.807, 2.05) is 30.5 Å². The number of carboxylic acid groups (broad SMARTS) is 1. The highest BCUT2D eigenvalue weighted by Gasteiger charge is 2.26. The van der Waals surface area contributed by atoms with Gasteiger partial charge in [0.05, 0.1) is 6.42 Å². The largest absolute Gasteiger partial charge is 0.481 e. The number of carbonyl (C=O) groups excluding carboxylic acids is 1. The normalized spacial score (nSPS) is 21.3. The molecule has 2 unspecified atom stereocenters. The smallest absolute Gasteiger partial charge is 0.317 e. The van der Waals surface area contributed by atoms with Crippen LogP contribution >= 0.6 is 11.8 Å². The van der Waals surface area contributed by atoms with Gasteiger partial charge in [-0.1, -0.05) is 20.8 Å². The van der Waals surface area contributed by atoms with Gasteiger partial charge in [0.25, 0.3) is 0 Å². The number of thioether (sulfide) groups is 1. The summed E-state index contributed by atoms with van der Waals surface area (Å²) in [6.45, 7) is 7.47. The van der Waals surface area contributed by atoms with E-state index >= 15 is 0 Å². The molecule has 0 aromatic carbocycles. The van der Waals surface area contributed by atoms with Gasteiger partial charge in [0, 0.05) is 30.1 Å². The van der Waals surface area contributed by atoms with Crippen molar-refractivity contribution in [2.75, 3.05) is 18.8 Å². The number of hydrogen-bond acceptors (Lipinski definition) is 3. The van der Waals surface area contributed by atoms with Crippen LogP contribution in [0.25, 0.3) is 0 Å². The van der Waals surface area contributed by atoms with Crippen LogP contribution in [-0.4, -0.2) is 52.1 Å². The molecule has 19 heavy (non-hydrogen) atoms. The Balaban J connectivity index is 2.53. The molecule has 0 aromatic heterocycles. The molecule has 1 aliphatic heterocycles. The van der Waals surface area contributed by atoms with Crippen LogP contribution in [0.2, 0.25) is 0 Å². The SMILES string of the molecule is CCC1CN(C(=O)NC(CC(=O)O)C(C)C)CCS1. The Bertz CT molecular complexity index is 323. The molecule has 1 fully saturated rings. The molecule has 0 bridgehead atoms. The van der Waals surface area contributed by atoms with E-state index in [1.165, 1.54) is 0 Å². The molecule has 2 amide bonds. The van der Waals surface area contributed by atoms with Crippen LogP contribution in [0.4, 0.5) is 4.79 Å². The Morgan fingerprint density at radius 2 is 2.16 bits per heavy atom. The average molecular weight is 288 g/mol. The van der Waals surface area contributed by atoms with Crippen LogP contribution in [0, 0.1) is 5.92 Å². The van der Waals surface area contributed by atoms with E-state index < -0.39 is 5.97 Å². The standard InChI is InChI=1S/C13H24N2O3S/c1-4-10-8-15(5-6-19-10)13(18)14-11(9(2)3)7-12(16)17/h9-11H,4-8H2,1-3H3,(H,14,18)(H,16,17). The maximum Gasteiger partial charge on any atom is 0.317 e. The zero-order valence-corrected chi connectivity index (χ0v) is 12.7. The zero-order chi connectivity index (χ0) is 14.4. The molecule has 2 N–H and O–H groups in total. The van der Waals surface area contributed by atoms with E-state index in [2.05, 4.69) is 12.2 Å². The molecule has 0 saturated carbocycles.